The summed E-state index contributed by atoms with van der Waals surface area (Å²) in [6, 6.07) is 0. The van der Waals surface area contributed by atoms with Gasteiger partial charge in [-0.1, -0.05) is 0 Å². The van der Waals surface area contributed by atoms with Crippen molar-refractivity contribution in [3.05, 3.63) is 0 Å². The number of carbonyl (C=O) groups is 3. The molecule has 0 unspecified atom stereocenters. The molecule has 6 heteroatoms. The zero-order valence-corrected chi connectivity index (χ0v) is 9.00. The molecule has 0 saturated heterocycles. The SMILES string of the molecule is CC(=O)[O-].CC(=O)[O-].CC(C)=O.[Fe+2]. The quantitative estimate of drug-likeness (QED) is 0.454. The van der Waals surface area contributed by atoms with Gasteiger partial charge in [0.1, 0.15) is 5.78 Å². The Morgan fingerprint density at radius 3 is 0.769 bits per heavy atom. The van der Waals surface area contributed by atoms with E-state index in [1.807, 2.05) is 0 Å². The molecule has 0 aromatic heterocycles. The fraction of sp³-hybridized carbons (Fsp3) is 0.571. The third kappa shape index (κ3) is 1220. The Bertz CT molecular complexity index is 114. The summed E-state index contributed by atoms with van der Waals surface area (Å²) in [4.78, 5) is 27.2. The van der Waals surface area contributed by atoms with E-state index in [2.05, 4.69) is 0 Å². The van der Waals surface area contributed by atoms with Gasteiger partial charge < -0.3 is 24.6 Å². The molecule has 0 atom stereocenters. The van der Waals surface area contributed by atoms with E-state index in [0.717, 1.165) is 13.8 Å². The van der Waals surface area contributed by atoms with E-state index < -0.39 is 11.9 Å². The van der Waals surface area contributed by atoms with Gasteiger partial charge in [0.15, 0.2) is 0 Å². The number of carboxylic acids is 2. The standard InChI is InChI=1S/C3H6O.2C2H4O2.Fe/c1-3(2)4;2*1-2(3)4;/h1-2H3;2*1H3,(H,3,4);/q;;;+2/p-2. The molecule has 0 aliphatic carbocycles. The van der Waals surface area contributed by atoms with Crippen molar-refractivity contribution in [2.45, 2.75) is 27.7 Å². The summed E-state index contributed by atoms with van der Waals surface area (Å²) < 4.78 is 0. The van der Waals surface area contributed by atoms with Crippen molar-refractivity contribution in [3.8, 4) is 0 Å². The van der Waals surface area contributed by atoms with Crippen LogP contribution in [0.2, 0.25) is 0 Å². The van der Waals surface area contributed by atoms with E-state index >= 15 is 0 Å². The average molecular weight is 232 g/mol. The van der Waals surface area contributed by atoms with E-state index in [1.54, 1.807) is 0 Å². The van der Waals surface area contributed by atoms with Crippen LogP contribution in [0, 0.1) is 0 Å². The minimum Gasteiger partial charge on any atom is -0.550 e. The molecular weight excluding hydrogens is 220 g/mol. The summed E-state index contributed by atoms with van der Waals surface area (Å²) in [5.41, 5.74) is 0. The molecule has 0 heterocycles. The molecule has 0 aliphatic rings. The normalized spacial score (nSPS) is 5.85. The van der Waals surface area contributed by atoms with Crippen molar-refractivity contribution < 1.29 is 41.7 Å². The molecule has 0 fully saturated rings. The Morgan fingerprint density at radius 2 is 0.769 bits per heavy atom. The smallest absolute Gasteiger partial charge is 0.550 e. The Balaban J connectivity index is -0.0000000450. The van der Waals surface area contributed by atoms with Crippen LogP contribution in [0.1, 0.15) is 27.7 Å². The summed E-state index contributed by atoms with van der Waals surface area (Å²) >= 11 is 0. The molecule has 0 radical (unpaired) electrons. The number of aliphatic carboxylic acids is 2. The van der Waals surface area contributed by atoms with Crippen molar-refractivity contribution in [1.82, 2.24) is 0 Å². The monoisotopic (exact) mass is 232 g/mol. The minimum absolute atomic E-state index is 0. The molecule has 5 nitrogen and oxygen atoms in total. The predicted octanol–water partition coefficient (Wildman–Crippen LogP) is -1.89. The van der Waals surface area contributed by atoms with Crippen molar-refractivity contribution in [3.63, 3.8) is 0 Å². The molecule has 0 aromatic carbocycles. The van der Waals surface area contributed by atoms with Crippen LogP contribution in [0.15, 0.2) is 0 Å². The molecule has 0 amide bonds. The number of ketones is 1. The van der Waals surface area contributed by atoms with Crippen LogP contribution >= 0.6 is 0 Å². The molecule has 0 saturated carbocycles. The summed E-state index contributed by atoms with van der Waals surface area (Å²) in [6.07, 6.45) is 0. The number of hydrogen-bond donors (Lipinski definition) is 0. The number of carboxylic acid groups (broad SMARTS) is 2. The molecule has 0 rings (SSSR count). The van der Waals surface area contributed by atoms with E-state index in [1.165, 1.54) is 13.8 Å². The first-order valence-corrected chi connectivity index (χ1v) is 3.02. The first-order valence-electron chi connectivity index (χ1n) is 3.02. The van der Waals surface area contributed by atoms with Crippen LogP contribution in [0.5, 0.6) is 0 Å². The largest absolute Gasteiger partial charge is 2.00 e. The second-order valence-electron chi connectivity index (χ2n) is 1.89. The molecule has 13 heavy (non-hydrogen) atoms. The van der Waals surface area contributed by atoms with E-state index in [4.69, 9.17) is 19.8 Å². The van der Waals surface area contributed by atoms with E-state index in [0.29, 0.717) is 0 Å². The van der Waals surface area contributed by atoms with Gasteiger partial charge in [-0.3, -0.25) is 0 Å². The summed E-state index contributed by atoms with van der Waals surface area (Å²) in [5.74, 6) is -2.00. The third-order valence-electron chi connectivity index (χ3n) is 0. The van der Waals surface area contributed by atoms with Crippen molar-refractivity contribution in [1.29, 1.82) is 0 Å². The molecule has 0 aliphatic heterocycles. The zero-order chi connectivity index (χ0) is 10.7. The van der Waals surface area contributed by atoms with Gasteiger partial charge in [-0.2, -0.15) is 0 Å². The van der Waals surface area contributed by atoms with E-state index in [9.17, 15) is 4.79 Å². The zero-order valence-electron chi connectivity index (χ0n) is 7.89. The Hall–Kier alpha value is -0.871. The number of rotatable bonds is 0. The minimum atomic E-state index is -1.08. The number of Topliss-reactive ketones (excluding diaryl/α,β-unsaturated/α-hetero) is 1. The maximum absolute atomic E-state index is 9.44. The summed E-state index contributed by atoms with van der Waals surface area (Å²) in [6.45, 7) is 5.00. The number of carbonyl (C=O) groups excluding carboxylic acids is 3. The first-order chi connectivity index (χ1) is 5.20. The first kappa shape index (κ1) is 22.7. The summed E-state index contributed by atoms with van der Waals surface area (Å²) in [5, 5.41) is 17.8. The van der Waals surface area contributed by atoms with Gasteiger partial charge in [0.25, 0.3) is 0 Å². The van der Waals surface area contributed by atoms with Gasteiger partial charge in [0.2, 0.25) is 0 Å². The fourth-order valence-electron chi connectivity index (χ4n) is 0. The van der Waals surface area contributed by atoms with Crippen LogP contribution in [0.3, 0.4) is 0 Å². The molecule has 0 bridgehead atoms. The van der Waals surface area contributed by atoms with Gasteiger partial charge in [-0.15, -0.1) is 0 Å². The average Bonchev–Trinajstić information content (AvgIpc) is 1.54. The van der Waals surface area contributed by atoms with E-state index in [-0.39, 0.29) is 22.9 Å². The van der Waals surface area contributed by atoms with Gasteiger partial charge in [-0.05, 0) is 27.7 Å². The summed E-state index contributed by atoms with van der Waals surface area (Å²) in [7, 11) is 0. The second-order valence-corrected chi connectivity index (χ2v) is 1.89. The Kier molecular flexibility index (Phi) is 30.2. The van der Waals surface area contributed by atoms with Crippen LogP contribution in [-0.2, 0) is 31.5 Å². The maximum atomic E-state index is 9.44. The van der Waals surface area contributed by atoms with Gasteiger partial charge in [-0.25, -0.2) is 0 Å². The van der Waals surface area contributed by atoms with Crippen molar-refractivity contribution in [2.24, 2.45) is 0 Å². The second kappa shape index (κ2) is 17.3. The third-order valence-corrected chi connectivity index (χ3v) is 0. The van der Waals surface area contributed by atoms with Crippen LogP contribution in [0.4, 0.5) is 0 Å². The predicted molar refractivity (Wildman–Crippen MR) is 37.7 cm³/mol. The van der Waals surface area contributed by atoms with Crippen LogP contribution < -0.4 is 10.2 Å². The molecule has 78 valence electrons. The van der Waals surface area contributed by atoms with Gasteiger partial charge >= 0.3 is 17.1 Å². The van der Waals surface area contributed by atoms with Gasteiger partial charge in [0, 0.05) is 11.9 Å². The van der Waals surface area contributed by atoms with Crippen LogP contribution in [0.25, 0.3) is 0 Å². The number of hydrogen-bond acceptors (Lipinski definition) is 5. The molecule has 0 aromatic rings. The Morgan fingerprint density at radius 1 is 0.769 bits per heavy atom. The topological polar surface area (TPSA) is 97.3 Å². The Labute approximate surface area is 87.6 Å². The van der Waals surface area contributed by atoms with Gasteiger partial charge in [0.05, 0.1) is 0 Å². The van der Waals surface area contributed by atoms with Crippen LogP contribution in [-0.4, -0.2) is 17.7 Å². The molecular formula is C7H12FeO5. The maximum Gasteiger partial charge on any atom is 2.00 e. The molecule has 0 spiro atoms. The molecule has 0 N–H and O–H groups in total. The van der Waals surface area contributed by atoms with Crippen molar-refractivity contribution >= 4 is 17.7 Å². The van der Waals surface area contributed by atoms with Crippen molar-refractivity contribution in [2.75, 3.05) is 0 Å². The fourth-order valence-corrected chi connectivity index (χ4v) is 0.